The lowest BCUT2D eigenvalue weighted by Gasteiger charge is -2.06. The molecule has 1 unspecified atom stereocenters. The minimum atomic E-state index is -0.288. The Labute approximate surface area is 90.6 Å². The number of hydrogen-bond acceptors (Lipinski definition) is 1. The van der Waals surface area contributed by atoms with Crippen LogP contribution in [0.3, 0.4) is 0 Å². The van der Waals surface area contributed by atoms with Crippen LogP contribution >= 0.6 is 15.9 Å². The molecule has 0 aliphatic heterocycles. The van der Waals surface area contributed by atoms with Crippen LogP contribution < -0.4 is 5.32 Å². The summed E-state index contributed by atoms with van der Waals surface area (Å²) in [5, 5.41) is 2.67. The first-order valence-corrected chi connectivity index (χ1v) is 5.17. The van der Waals surface area contributed by atoms with E-state index in [0.717, 1.165) is 5.56 Å². The summed E-state index contributed by atoms with van der Waals surface area (Å²) in [6, 6.07) is 6.16. The van der Waals surface area contributed by atoms with E-state index < -0.39 is 0 Å². The second-order valence-electron chi connectivity index (χ2n) is 2.96. The maximum absolute atomic E-state index is 12.7. The smallest absolute Gasteiger partial charge is 0.233 e. The van der Waals surface area contributed by atoms with E-state index in [9.17, 15) is 9.18 Å². The van der Waals surface area contributed by atoms with E-state index in [2.05, 4.69) is 21.2 Å². The van der Waals surface area contributed by atoms with Gasteiger partial charge in [0.2, 0.25) is 5.91 Å². The number of carbonyl (C=O) groups is 1. The molecule has 76 valence electrons. The molecule has 0 aromatic heterocycles. The van der Waals surface area contributed by atoms with Crippen LogP contribution in [0.2, 0.25) is 0 Å². The van der Waals surface area contributed by atoms with Crippen LogP contribution in [0.5, 0.6) is 0 Å². The molecule has 1 atom stereocenters. The zero-order chi connectivity index (χ0) is 10.6. The number of rotatable bonds is 3. The fourth-order valence-electron chi connectivity index (χ4n) is 0.977. The number of nitrogens with one attached hydrogen (secondary N) is 1. The van der Waals surface area contributed by atoms with Crippen molar-refractivity contribution in [2.75, 3.05) is 0 Å². The molecule has 1 N–H and O–H groups in total. The molecular weight excluding hydrogens is 249 g/mol. The lowest BCUT2D eigenvalue weighted by molar-refractivity contribution is -0.120. The van der Waals surface area contributed by atoms with Gasteiger partial charge in [0.05, 0.1) is 4.83 Å². The van der Waals surface area contributed by atoms with Crippen molar-refractivity contribution in [3.05, 3.63) is 35.6 Å². The average molecular weight is 260 g/mol. The Kier molecular flexibility index (Phi) is 4.07. The summed E-state index contributed by atoms with van der Waals surface area (Å²) in [5.41, 5.74) is 0.756. The largest absolute Gasteiger partial charge is 0.351 e. The minimum Gasteiger partial charge on any atom is -0.351 e. The van der Waals surface area contributed by atoms with Gasteiger partial charge in [0, 0.05) is 6.54 Å². The molecular formula is C10H11BrFNO. The predicted molar refractivity (Wildman–Crippen MR) is 56.6 cm³/mol. The SMILES string of the molecule is CC(Br)C(=O)NCc1cccc(F)c1. The Morgan fingerprint density at radius 3 is 2.93 bits per heavy atom. The topological polar surface area (TPSA) is 29.1 Å². The molecule has 0 heterocycles. The molecule has 1 aromatic rings. The van der Waals surface area contributed by atoms with Gasteiger partial charge in [0.1, 0.15) is 5.82 Å². The third-order valence-corrected chi connectivity index (χ3v) is 2.13. The highest BCUT2D eigenvalue weighted by molar-refractivity contribution is 9.10. The molecule has 0 saturated heterocycles. The van der Waals surface area contributed by atoms with Crippen molar-refractivity contribution < 1.29 is 9.18 Å². The van der Waals surface area contributed by atoms with Gasteiger partial charge in [0.15, 0.2) is 0 Å². The summed E-state index contributed by atoms with van der Waals surface area (Å²) in [7, 11) is 0. The first-order valence-electron chi connectivity index (χ1n) is 4.26. The van der Waals surface area contributed by atoms with E-state index in [1.165, 1.54) is 12.1 Å². The maximum atomic E-state index is 12.7. The summed E-state index contributed by atoms with van der Waals surface area (Å²) in [6.45, 7) is 2.09. The Hall–Kier alpha value is -0.900. The molecule has 4 heteroatoms. The quantitative estimate of drug-likeness (QED) is 0.829. The van der Waals surface area contributed by atoms with E-state index >= 15 is 0 Å². The molecule has 14 heavy (non-hydrogen) atoms. The van der Waals surface area contributed by atoms with Crippen molar-refractivity contribution in [1.82, 2.24) is 5.32 Å². The van der Waals surface area contributed by atoms with Crippen LogP contribution in [0.25, 0.3) is 0 Å². The summed E-state index contributed by atoms with van der Waals surface area (Å²) in [5.74, 6) is -0.391. The van der Waals surface area contributed by atoms with Gasteiger partial charge >= 0.3 is 0 Å². The lowest BCUT2D eigenvalue weighted by Crippen LogP contribution is -2.28. The van der Waals surface area contributed by atoms with Crippen LogP contribution in [-0.4, -0.2) is 10.7 Å². The fraction of sp³-hybridized carbons (Fsp3) is 0.300. The van der Waals surface area contributed by atoms with Crippen LogP contribution in [0.15, 0.2) is 24.3 Å². The number of amides is 1. The zero-order valence-electron chi connectivity index (χ0n) is 7.76. The third-order valence-electron chi connectivity index (χ3n) is 1.72. The van der Waals surface area contributed by atoms with Gasteiger partial charge in [0.25, 0.3) is 0 Å². The van der Waals surface area contributed by atoms with E-state index in [1.54, 1.807) is 19.1 Å². The summed E-state index contributed by atoms with van der Waals surface area (Å²) >= 11 is 3.14. The summed E-state index contributed by atoms with van der Waals surface area (Å²) in [4.78, 5) is 10.9. The van der Waals surface area contributed by atoms with Crippen LogP contribution in [0.4, 0.5) is 4.39 Å². The molecule has 0 radical (unpaired) electrons. The Balaban J connectivity index is 2.50. The second-order valence-corrected chi connectivity index (χ2v) is 4.34. The molecule has 0 spiro atoms. The standard InChI is InChI=1S/C10H11BrFNO/c1-7(11)10(14)13-6-8-3-2-4-9(12)5-8/h2-5,7H,6H2,1H3,(H,13,14). The van der Waals surface area contributed by atoms with Crippen molar-refractivity contribution in [1.29, 1.82) is 0 Å². The molecule has 0 aliphatic carbocycles. The number of benzene rings is 1. The zero-order valence-corrected chi connectivity index (χ0v) is 9.34. The van der Waals surface area contributed by atoms with Gasteiger partial charge in [-0.25, -0.2) is 4.39 Å². The van der Waals surface area contributed by atoms with Gasteiger partial charge in [-0.3, -0.25) is 4.79 Å². The van der Waals surface area contributed by atoms with Crippen molar-refractivity contribution in [3.8, 4) is 0 Å². The first-order chi connectivity index (χ1) is 6.59. The van der Waals surface area contributed by atoms with Gasteiger partial charge in [-0.2, -0.15) is 0 Å². The van der Waals surface area contributed by atoms with Crippen molar-refractivity contribution >= 4 is 21.8 Å². The Bertz CT molecular complexity index is 328. The number of carbonyl (C=O) groups excluding carboxylic acids is 1. The molecule has 0 saturated carbocycles. The van der Waals surface area contributed by atoms with Crippen LogP contribution in [0.1, 0.15) is 12.5 Å². The molecule has 2 nitrogen and oxygen atoms in total. The summed E-state index contributed by atoms with van der Waals surface area (Å²) in [6.07, 6.45) is 0. The van der Waals surface area contributed by atoms with Crippen molar-refractivity contribution in [2.24, 2.45) is 0 Å². The van der Waals surface area contributed by atoms with E-state index in [-0.39, 0.29) is 16.6 Å². The second kappa shape index (κ2) is 5.10. The van der Waals surface area contributed by atoms with Gasteiger partial charge in [-0.15, -0.1) is 0 Å². The van der Waals surface area contributed by atoms with Crippen molar-refractivity contribution in [3.63, 3.8) is 0 Å². The molecule has 0 fully saturated rings. The first kappa shape index (κ1) is 11.2. The highest BCUT2D eigenvalue weighted by Gasteiger charge is 2.07. The van der Waals surface area contributed by atoms with Crippen molar-refractivity contribution in [2.45, 2.75) is 18.3 Å². The van der Waals surface area contributed by atoms with Gasteiger partial charge in [-0.05, 0) is 24.6 Å². The maximum Gasteiger partial charge on any atom is 0.233 e. The highest BCUT2D eigenvalue weighted by atomic mass is 79.9. The normalized spacial score (nSPS) is 12.2. The Morgan fingerprint density at radius 2 is 2.36 bits per heavy atom. The molecule has 1 rings (SSSR count). The summed E-state index contributed by atoms with van der Waals surface area (Å²) < 4.78 is 12.7. The van der Waals surface area contributed by atoms with E-state index in [0.29, 0.717) is 6.54 Å². The number of halogens is 2. The van der Waals surface area contributed by atoms with Gasteiger partial charge in [-0.1, -0.05) is 28.1 Å². The average Bonchev–Trinajstić information content (AvgIpc) is 2.14. The lowest BCUT2D eigenvalue weighted by atomic mass is 10.2. The molecule has 1 amide bonds. The third kappa shape index (κ3) is 3.46. The fourth-order valence-corrected chi connectivity index (χ4v) is 1.14. The van der Waals surface area contributed by atoms with Gasteiger partial charge < -0.3 is 5.32 Å². The molecule has 0 bridgehead atoms. The van der Waals surface area contributed by atoms with Crippen LogP contribution in [0, 0.1) is 5.82 Å². The number of alkyl halides is 1. The minimum absolute atomic E-state index is 0.103. The molecule has 0 aliphatic rings. The Morgan fingerprint density at radius 1 is 1.64 bits per heavy atom. The highest BCUT2D eigenvalue weighted by Crippen LogP contribution is 2.03. The predicted octanol–water partition coefficient (Wildman–Crippen LogP) is 2.23. The number of hydrogen-bond donors (Lipinski definition) is 1. The van der Waals surface area contributed by atoms with E-state index in [4.69, 9.17) is 0 Å². The monoisotopic (exact) mass is 259 g/mol. The molecule has 1 aromatic carbocycles. The van der Waals surface area contributed by atoms with Crippen LogP contribution in [-0.2, 0) is 11.3 Å². The van der Waals surface area contributed by atoms with E-state index in [1.807, 2.05) is 0 Å².